The van der Waals surface area contributed by atoms with Crippen molar-refractivity contribution in [1.82, 2.24) is 19.9 Å². The Morgan fingerprint density at radius 3 is 2.78 bits per heavy atom. The van der Waals surface area contributed by atoms with Gasteiger partial charge >= 0.3 is 5.69 Å². The largest absolute Gasteiger partial charge is 0.497 e. The average Bonchev–Trinajstić information content (AvgIpc) is 3.49. The van der Waals surface area contributed by atoms with E-state index in [-0.39, 0.29) is 12.1 Å². The SMILES string of the molecule is COc1ccc(-c2nc(CCNC(=O)c3c[nH]c(=O)n(Cc4ccco4)c3=O)cs2)cc1. The summed E-state index contributed by atoms with van der Waals surface area (Å²) >= 11 is 1.51. The van der Waals surface area contributed by atoms with Crippen LogP contribution in [0, 0.1) is 0 Å². The van der Waals surface area contributed by atoms with E-state index in [1.807, 2.05) is 29.6 Å². The van der Waals surface area contributed by atoms with Crippen LogP contribution in [0.15, 0.2) is 68.2 Å². The van der Waals surface area contributed by atoms with E-state index in [1.54, 1.807) is 19.2 Å². The number of hydrogen-bond donors (Lipinski definition) is 2. The third-order valence-corrected chi connectivity index (χ3v) is 5.69. The van der Waals surface area contributed by atoms with E-state index < -0.39 is 17.2 Å². The number of aromatic amines is 1. The number of thiazole rings is 1. The molecule has 3 aromatic heterocycles. The Bertz CT molecular complexity index is 1320. The molecular formula is C22H20N4O5S. The Hall–Kier alpha value is -3.92. The lowest BCUT2D eigenvalue weighted by Gasteiger charge is -2.07. The van der Waals surface area contributed by atoms with Crippen LogP contribution >= 0.6 is 11.3 Å². The van der Waals surface area contributed by atoms with E-state index in [2.05, 4.69) is 15.3 Å². The zero-order chi connectivity index (χ0) is 22.5. The normalized spacial score (nSPS) is 10.8. The molecule has 164 valence electrons. The highest BCUT2D eigenvalue weighted by Crippen LogP contribution is 2.25. The molecule has 0 aliphatic heterocycles. The zero-order valence-corrected chi connectivity index (χ0v) is 18.0. The number of amides is 1. The summed E-state index contributed by atoms with van der Waals surface area (Å²) in [4.78, 5) is 44.2. The van der Waals surface area contributed by atoms with Crippen LogP contribution in [-0.4, -0.2) is 34.1 Å². The highest BCUT2D eigenvalue weighted by molar-refractivity contribution is 7.13. The van der Waals surface area contributed by atoms with Gasteiger partial charge in [-0.3, -0.25) is 14.2 Å². The second-order valence-electron chi connectivity index (χ2n) is 6.86. The van der Waals surface area contributed by atoms with E-state index >= 15 is 0 Å². The van der Waals surface area contributed by atoms with E-state index in [1.165, 1.54) is 17.6 Å². The quantitative estimate of drug-likeness (QED) is 0.423. The van der Waals surface area contributed by atoms with Gasteiger partial charge in [-0.15, -0.1) is 11.3 Å². The molecule has 1 aromatic carbocycles. The number of H-pyrrole nitrogens is 1. The van der Waals surface area contributed by atoms with E-state index in [4.69, 9.17) is 9.15 Å². The Labute approximate surface area is 186 Å². The first-order valence-electron chi connectivity index (χ1n) is 9.77. The highest BCUT2D eigenvalue weighted by Gasteiger charge is 2.15. The van der Waals surface area contributed by atoms with Crippen molar-refractivity contribution in [2.75, 3.05) is 13.7 Å². The summed E-state index contributed by atoms with van der Waals surface area (Å²) in [5.41, 5.74) is 0.372. The minimum absolute atomic E-state index is 0.0603. The first-order chi connectivity index (χ1) is 15.5. The molecule has 10 heteroatoms. The first kappa shape index (κ1) is 21.3. The molecule has 9 nitrogen and oxygen atoms in total. The summed E-state index contributed by atoms with van der Waals surface area (Å²) in [5.74, 6) is 0.648. The van der Waals surface area contributed by atoms with E-state index in [0.717, 1.165) is 32.8 Å². The van der Waals surface area contributed by atoms with Crippen molar-refractivity contribution < 1.29 is 13.9 Å². The molecule has 0 saturated carbocycles. The van der Waals surface area contributed by atoms with Crippen molar-refractivity contribution in [3.8, 4) is 16.3 Å². The van der Waals surface area contributed by atoms with Gasteiger partial charge < -0.3 is 19.5 Å². The fourth-order valence-electron chi connectivity index (χ4n) is 3.06. The van der Waals surface area contributed by atoms with Gasteiger partial charge in [0.05, 0.1) is 25.6 Å². The Balaban J connectivity index is 1.39. The van der Waals surface area contributed by atoms with Gasteiger partial charge in [0, 0.05) is 30.1 Å². The number of nitrogens with zero attached hydrogens (tertiary/aromatic N) is 2. The number of aromatic nitrogens is 3. The predicted molar refractivity (Wildman–Crippen MR) is 119 cm³/mol. The molecule has 3 heterocycles. The molecule has 0 saturated heterocycles. The minimum atomic E-state index is -0.682. The van der Waals surface area contributed by atoms with Crippen LogP contribution in [0.3, 0.4) is 0 Å². The van der Waals surface area contributed by atoms with Crippen LogP contribution in [0.2, 0.25) is 0 Å². The maximum absolute atomic E-state index is 12.6. The van der Waals surface area contributed by atoms with Crippen molar-refractivity contribution >= 4 is 17.2 Å². The van der Waals surface area contributed by atoms with Crippen molar-refractivity contribution in [2.24, 2.45) is 0 Å². The van der Waals surface area contributed by atoms with Crippen molar-refractivity contribution in [2.45, 2.75) is 13.0 Å². The summed E-state index contributed by atoms with van der Waals surface area (Å²) in [6.45, 7) is 0.233. The average molecular weight is 452 g/mol. The molecule has 32 heavy (non-hydrogen) atoms. The van der Waals surface area contributed by atoms with Gasteiger partial charge in [-0.1, -0.05) is 0 Å². The second-order valence-corrected chi connectivity index (χ2v) is 7.71. The van der Waals surface area contributed by atoms with Gasteiger partial charge in [0.2, 0.25) is 0 Å². The molecule has 0 unspecified atom stereocenters. The number of carbonyl (C=O) groups is 1. The maximum Gasteiger partial charge on any atom is 0.328 e. The number of ether oxygens (including phenoxy) is 1. The fourth-order valence-corrected chi connectivity index (χ4v) is 3.92. The summed E-state index contributed by atoms with van der Waals surface area (Å²) in [5, 5.41) is 5.51. The van der Waals surface area contributed by atoms with Gasteiger partial charge in [-0.25, -0.2) is 9.78 Å². The molecular weight excluding hydrogens is 432 g/mol. The first-order valence-corrected chi connectivity index (χ1v) is 10.6. The molecule has 0 aliphatic rings. The van der Waals surface area contributed by atoms with Crippen molar-refractivity contribution in [1.29, 1.82) is 0 Å². The van der Waals surface area contributed by atoms with Crippen molar-refractivity contribution in [3.05, 3.63) is 92.1 Å². The lowest BCUT2D eigenvalue weighted by molar-refractivity contribution is 0.0951. The zero-order valence-electron chi connectivity index (χ0n) is 17.2. The van der Waals surface area contributed by atoms with Crippen LogP contribution in [-0.2, 0) is 13.0 Å². The van der Waals surface area contributed by atoms with Crippen molar-refractivity contribution in [3.63, 3.8) is 0 Å². The summed E-state index contributed by atoms with van der Waals surface area (Å²) in [6, 6.07) is 10.9. The Morgan fingerprint density at radius 1 is 1.25 bits per heavy atom. The number of benzene rings is 1. The fraction of sp³-hybridized carbons (Fsp3) is 0.182. The highest BCUT2D eigenvalue weighted by atomic mass is 32.1. The molecule has 4 aromatic rings. The summed E-state index contributed by atoms with van der Waals surface area (Å²) < 4.78 is 11.3. The number of methoxy groups -OCH3 is 1. The molecule has 1 amide bonds. The second kappa shape index (κ2) is 9.48. The van der Waals surface area contributed by atoms with Gasteiger partial charge in [0.25, 0.3) is 11.5 Å². The van der Waals surface area contributed by atoms with E-state index in [0.29, 0.717) is 18.7 Å². The molecule has 0 aliphatic carbocycles. The molecule has 0 radical (unpaired) electrons. The number of hydrogen-bond acceptors (Lipinski definition) is 7. The van der Waals surface area contributed by atoms with Crippen LogP contribution in [0.1, 0.15) is 21.8 Å². The van der Waals surface area contributed by atoms with Gasteiger partial charge in [0.15, 0.2) is 0 Å². The molecule has 0 spiro atoms. The summed E-state index contributed by atoms with van der Waals surface area (Å²) in [7, 11) is 1.62. The third kappa shape index (κ3) is 4.70. The molecule has 0 atom stereocenters. The monoisotopic (exact) mass is 452 g/mol. The lowest BCUT2D eigenvalue weighted by atomic mass is 10.2. The topological polar surface area (TPSA) is 119 Å². The standard InChI is InChI=1S/C22H20N4O5S/c1-30-16-6-4-14(5-7-16)20-25-15(13-32-20)8-9-23-19(27)18-11-24-22(29)26(21(18)28)12-17-3-2-10-31-17/h2-7,10-11,13H,8-9,12H2,1H3,(H,23,27)(H,24,29). The van der Waals surface area contributed by atoms with Gasteiger partial charge in [0.1, 0.15) is 22.1 Å². The molecule has 2 N–H and O–H groups in total. The smallest absolute Gasteiger partial charge is 0.328 e. The number of rotatable bonds is 8. The lowest BCUT2D eigenvalue weighted by Crippen LogP contribution is -2.41. The van der Waals surface area contributed by atoms with Gasteiger partial charge in [-0.05, 0) is 36.4 Å². The number of nitrogens with one attached hydrogen (secondary N) is 2. The van der Waals surface area contributed by atoms with E-state index in [9.17, 15) is 14.4 Å². The van der Waals surface area contributed by atoms with Gasteiger partial charge in [-0.2, -0.15) is 0 Å². The third-order valence-electron chi connectivity index (χ3n) is 4.75. The number of furan rings is 1. The number of carbonyl (C=O) groups excluding carboxylic acids is 1. The molecule has 4 rings (SSSR count). The Morgan fingerprint density at radius 2 is 2.06 bits per heavy atom. The van der Waals surface area contributed by atoms with Crippen LogP contribution in [0.5, 0.6) is 5.75 Å². The maximum atomic E-state index is 12.6. The van der Waals surface area contributed by atoms with Crippen LogP contribution < -0.4 is 21.3 Å². The summed E-state index contributed by atoms with van der Waals surface area (Å²) in [6.07, 6.45) is 3.08. The Kier molecular flexibility index (Phi) is 6.31. The molecule has 0 bridgehead atoms. The predicted octanol–water partition coefficient (Wildman–Crippen LogP) is 2.28. The van der Waals surface area contributed by atoms with Crippen LogP contribution in [0.25, 0.3) is 10.6 Å². The van der Waals surface area contributed by atoms with Crippen LogP contribution in [0.4, 0.5) is 0 Å². The molecule has 0 fully saturated rings. The minimum Gasteiger partial charge on any atom is -0.497 e.